The smallest absolute Gasteiger partial charge is 0.363 e. The van der Waals surface area contributed by atoms with E-state index in [1.54, 1.807) is 24.3 Å². The molecule has 3 nitrogen and oxygen atoms in total. The van der Waals surface area contributed by atoms with Gasteiger partial charge < -0.3 is 4.74 Å². The molecule has 3 rings (SSSR count). The highest BCUT2D eigenvalue weighted by Gasteiger charge is 2.24. The van der Waals surface area contributed by atoms with E-state index < -0.39 is 5.97 Å². The van der Waals surface area contributed by atoms with Gasteiger partial charge >= 0.3 is 5.97 Å². The maximum atomic E-state index is 11.9. The van der Waals surface area contributed by atoms with Crippen LogP contribution in [0.5, 0.6) is 0 Å². The van der Waals surface area contributed by atoms with Gasteiger partial charge in [-0.15, -0.1) is 0 Å². The fraction of sp³-hybridized carbons (Fsp3) is 0.0588. The van der Waals surface area contributed by atoms with Crippen molar-refractivity contribution in [3.63, 3.8) is 0 Å². The van der Waals surface area contributed by atoms with Crippen LogP contribution in [0.15, 0.2) is 53.2 Å². The van der Waals surface area contributed by atoms with Crippen LogP contribution in [0, 0.1) is 6.92 Å². The lowest BCUT2D eigenvalue weighted by Gasteiger charge is -1.99. The van der Waals surface area contributed by atoms with Gasteiger partial charge in [0.05, 0.1) is 10.0 Å². The first-order valence-electron chi connectivity index (χ1n) is 6.57. The normalized spacial score (nSPS) is 15.9. The van der Waals surface area contributed by atoms with Gasteiger partial charge in [-0.2, -0.15) is 0 Å². The van der Waals surface area contributed by atoms with Crippen molar-refractivity contribution in [2.24, 2.45) is 4.99 Å². The van der Waals surface area contributed by atoms with Gasteiger partial charge in [0.25, 0.3) is 0 Å². The zero-order chi connectivity index (χ0) is 15.7. The molecule has 0 spiro atoms. The summed E-state index contributed by atoms with van der Waals surface area (Å²) in [4.78, 5) is 16.2. The molecule has 0 saturated heterocycles. The average Bonchev–Trinajstić information content (AvgIpc) is 2.84. The largest absolute Gasteiger partial charge is 0.402 e. The summed E-state index contributed by atoms with van der Waals surface area (Å²) in [5.74, 6) is -0.178. The lowest BCUT2D eigenvalue weighted by Crippen LogP contribution is -2.05. The molecular weight excluding hydrogens is 321 g/mol. The van der Waals surface area contributed by atoms with Crippen molar-refractivity contribution in [1.82, 2.24) is 0 Å². The number of hydrogen-bond acceptors (Lipinski definition) is 3. The lowest BCUT2D eigenvalue weighted by atomic mass is 10.1. The van der Waals surface area contributed by atoms with E-state index >= 15 is 0 Å². The molecule has 0 atom stereocenters. The summed E-state index contributed by atoms with van der Waals surface area (Å²) in [5, 5.41) is 0.882. The Morgan fingerprint density at radius 1 is 1.09 bits per heavy atom. The highest BCUT2D eigenvalue weighted by molar-refractivity contribution is 6.42. The van der Waals surface area contributed by atoms with Crippen LogP contribution < -0.4 is 0 Å². The zero-order valence-electron chi connectivity index (χ0n) is 11.6. The number of esters is 1. The fourth-order valence-corrected chi connectivity index (χ4v) is 2.38. The Labute approximate surface area is 137 Å². The number of carbonyl (C=O) groups is 1. The molecule has 22 heavy (non-hydrogen) atoms. The first-order chi connectivity index (χ1) is 10.5. The molecule has 0 radical (unpaired) electrons. The van der Waals surface area contributed by atoms with Crippen LogP contribution in [0.3, 0.4) is 0 Å². The van der Waals surface area contributed by atoms with Gasteiger partial charge in [0, 0.05) is 5.56 Å². The second-order valence-electron chi connectivity index (χ2n) is 4.88. The molecule has 0 unspecified atom stereocenters. The lowest BCUT2D eigenvalue weighted by molar-refractivity contribution is -0.129. The highest BCUT2D eigenvalue weighted by Crippen LogP contribution is 2.25. The third-order valence-electron chi connectivity index (χ3n) is 3.13. The van der Waals surface area contributed by atoms with Gasteiger partial charge in [-0.05, 0) is 42.8 Å². The second kappa shape index (κ2) is 5.95. The van der Waals surface area contributed by atoms with Crippen LogP contribution >= 0.6 is 23.2 Å². The Bertz CT molecular complexity index is 825. The predicted molar refractivity (Wildman–Crippen MR) is 88.2 cm³/mol. The number of halogens is 2. The minimum Gasteiger partial charge on any atom is -0.402 e. The fourth-order valence-electron chi connectivity index (χ4n) is 2.07. The van der Waals surface area contributed by atoms with Gasteiger partial charge in [-0.3, -0.25) is 0 Å². The summed E-state index contributed by atoms with van der Waals surface area (Å²) >= 11 is 11.8. The molecule has 2 aromatic rings. The van der Waals surface area contributed by atoms with E-state index in [9.17, 15) is 4.79 Å². The molecule has 0 amide bonds. The van der Waals surface area contributed by atoms with Gasteiger partial charge in [-0.1, -0.05) is 47.0 Å². The highest BCUT2D eigenvalue weighted by atomic mass is 35.5. The number of nitrogens with zero attached hydrogens (tertiary/aromatic N) is 1. The number of carbonyl (C=O) groups excluding carboxylic acids is 1. The van der Waals surface area contributed by atoms with E-state index in [2.05, 4.69) is 4.99 Å². The first-order valence-corrected chi connectivity index (χ1v) is 7.33. The average molecular weight is 332 g/mol. The summed E-state index contributed by atoms with van der Waals surface area (Å²) in [6.07, 6.45) is 1.62. The summed E-state index contributed by atoms with van der Waals surface area (Å²) < 4.78 is 5.22. The quantitative estimate of drug-likeness (QED) is 0.593. The minimum atomic E-state index is -0.484. The Balaban J connectivity index is 1.95. The third-order valence-corrected chi connectivity index (χ3v) is 3.87. The predicted octanol–water partition coefficient (Wildman–Crippen LogP) is 4.65. The minimum absolute atomic E-state index is 0.231. The zero-order valence-corrected chi connectivity index (χ0v) is 13.2. The first kappa shape index (κ1) is 14.8. The topological polar surface area (TPSA) is 38.7 Å². The molecule has 0 bridgehead atoms. The van der Waals surface area contributed by atoms with Crippen LogP contribution in [0.25, 0.3) is 6.08 Å². The van der Waals surface area contributed by atoms with E-state index in [1.165, 1.54) is 0 Å². The molecule has 1 aliphatic rings. The van der Waals surface area contributed by atoms with Gasteiger partial charge in [0.15, 0.2) is 5.70 Å². The summed E-state index contributed by atoms with van der Waals surface area (Å²) in [5.41, 5.74) is 2.80. The van der Waals surface area contributed by atoms with Crippen LogP contribution in [-0.2, 0) is 9.53 Å². The monoisotopic (exact) mass is 331 g/mol. The number of hydrogen-bond donors (Lipinski definition) is 0. The molecule has 1 aliphatic heterocycles. The van der Waals surface area contributed by atoms with Gasteiger partial charge in [0.1, 0.15) is 0 Å². The Kier molecular flexibility index (Phi) is 4.01. The van der Waals surface area contributed by atoms with Crippen LogP contribution in [0.1, 0.15) is 16.7 Å². The standard InChI is InChI=1S/C17H11Cl2NO2/c1-10-3-2-4-12(7-10)16-20-15(17(21)22-16)9-11-5-6-13(18)14(19)8-11/h2-9H,1H3. The molecule has 1 heterocycles. The molecule has 0 saturated carbocycles. The van der Waals surface area contributed by atoms with Crippen molar-refractivity contribution in [3.8, 4) is 0 Å². The second-order valence-corrected chi connectivity index (χ2v) is 5.69. The number of ether oxygens (including phenoxy) is 1. The summed E-state index contributed by atoms with van der Waals surface area (Å²) in [6, 6.07) is 12.7. The van der Waals surface area contributed by atoms with Crippen molar-refractivity contribution in [2.45, 2.75) is 6.92 Å². The molecule has 110 valence electrons. The van der Waals surface area contributed by atoms with Crippen molar-refractivity contribution in [3.05, 3.63) is 74.9 Å². The molecular formula is C17H11Cl2NO2. The van der Waals surface area contributed by atoms with Crippen molar-refractivity contribution in [1.29, 1.82) is 0 Å². The van der Waals surface area contributed by atoms with Crippen molar-refractivity contribution in [2.75, 3.05) is 0 Å². The Morgan fingerprint density at radius 2 is 1.91 bits per heavy atom. The van der Waals surface area contributed by atoms with E-state index in [0.717, 1.165) is 16.7 Å². The Hall–Kier alpha value is -2.10. The maximum Gasteiger partial charge on any atom is 0.363 e. The number of benzene rings is 2. The Morgan fingerprint density at radius 3 is 2.64 bits per heavy atom. The molecule has 2 aromatic carbocycles. The van der Waals surface area contributed by atoms with Gasteiger partial charge in [-0.25, -0.2) is 9.79 Å². The molecule has 0 fully saturated rings. The third kappa shape index (κ3) is 3.06. The van der Waals surface area contributed by atoms with E-state index in [0.29, 0.717) is 15.9 Å². The number of rotatable bonds is 2. The van der Waals surface area contributed by atoms with E-state index in [1.807, 2.05) is 31.2 Å². The number of aliphatic imine (C=N–C) groups is 1. The van der Waals surface area contributed by atoms with Crippen LogP contribution in [-0.4, -0.2) is 11.9 Å². The van der Waals surface area contributed by atoms with E-state index in [-0.39, 0.29) is 5.70 Å². The maximum absolute atomic E-state index is 11.9. The SMILES string of the molecule is Cc1cccc(C2=NC(=Cc3ccc(Cl)c(Cl)c3)C(=O)O2)c1. The number of aryl methyl sites for hydroxylation is 1. The molecule has 0 aromatic heterocycles. The molecule has 0 aliphatic carbocycles. The van der Waals surface area contributed by atoms with Gasteiger partial charge in [0.2, 0.25) is 5.90 Å². The van der Waals surface area contributed by atoms with E-state index in [4.69, 9.17) is 27.9 Å². The van der Waals surface area contributed by atoms with Crippen molar-refractivity contribution >= 4 is 41.1 Å². The number of cyclic esters (lactones) is 1. The van der Waals surface area contributed by atoms with Crippen LogP contribution in [0.2, 0.25) is 10.0 Å². The van der Waals surface area contributed by atoms with Crippen LogP contribution in [0.4, 0.5) is 0 Å². The van der Waals surface area contributed by atoms with Crippen molar-refractivity contribution < 1.29 is 9.53 Å². The summed E-state index contributed by atoms with van der Waals surface area (Å²) in [6.45, 7) is 1.97. The summed E-state index contributed by atoms with van der Waals surface area (Å²) in [7, 11) is 0. The molecule has 5 heteroatoms. The molecule has 0 N–H and O–H groups in total.